The molecule has 0 aliphatic rings. The zero-order valence-corrected chi connectivity index (χ0v) is 13.0. The Morgan fingerprint density at radius 3 is 2.81 bits per heavy atom. The van der Waals surface area contributed by atoms with Gasteiger partial charge in [0.25, 0.3) is 5.69 Å². The Kier molecular flexibility index (Phi) is 4.59. The summed E-state index contributed by atoms with van der Waals surface area (Å²) in [5.74, 6) is -0.898. The van der Waals surface area contributed by atoms with Crippen LogP contribution in [0.3, 0.4) is 0 Å². The van der Waals surface area contributed by atoms with E-state index < -0.39 is 10.9 Å². The van der Waals surface area contributed by atoms with E-state index in [4.69, 9.17) is 5.11 Å². The summed E-state index contributed by atoms with van der Waals surface area (Å²) in [6.45, 7) is 3.46. The first-order valence-electron chi connectivity index (χ1n) is 5.98. The van der Waals surface area contributed by atoms with Gasteiger partial charge in [-0.2, -0.15) is 0 Å². The molecule has 0 aliphatic carbocycles. The predicted octanol–water partition coefficient (Wildman–Crippen LogP) is 3.45. The van der Waals surface area contributed by atoms with E-state index in [1.807, 2.05) is 0 Å². The van der Waals surface area contributed by atoms with Crippen LogP contribution in [0.4, 0.5) is 5.69 Å². The molecule has 2 aromatic rings. The molecule has 0 unspecified atom stereocenters. The number of hydrogen-bond donors (Lipinski definition) is 1. The van der Waals surface area contributed by atoms with Crippen molar-refractivity contribution in [2.24, 2.45) is 0 Å². The Bertz CT molecular complexity index is 712. The van der Waals surface area contributed by atoms with Crippen molar-refractivity contribution in [3.63, 3.8) is 0 Å². The summed E-state index contributed by atoms with van der Waals surface area (Å²) < 4.78 is 0.687. The molecule has 1 heterocycles. The van der Waals surface area contributed by atoms with Gasteiger partial charge in [-0.05, 0) is 19.9 Å². The van der Waals surface area contributed by atoms with Crippen LogP contribution in [0.2, 0.25) is 0 Å². The number of nitrogens with zero attached hydrogens (tertiary/aromatic N) is 2. The molecule has 110 valence electrons. The third kappa shape index (κ3) is 3.59. The van der Waals surface area contributed by atoms with Crippen molar-refractivity contribution in [3.8, 4) is 0 Å². The number of rotatable bonds is 5. The molecule has 6 nitrogen and oxygen atoms in total. The van der Waals surface area contributed by atoms with Crippen LogP contribution in [-0.2, 0) is 11.2 Å². The number of carbonyl (C=O) groups is 1. The van der Waals surface area contributed by atoms with Gasteiger partial charge in [0.1, 0.15) is 0 Å². The number of hydrogen-bond acceptors (Lipinski definition) is 6. The van der Waals surface area contributed by atoms with Crippen LogP contribution in [0, 0.1) is 24.0 Å². The van der Waals surface area contributed by atoms with Crippen LogP contribution in [0.15, 0.2) is 27.4 Å². The van der Waals surface area contributed by atoms with E-state index in [0.29, 0.717) is 20.5 Å². The van der Waals surface area contributed by atoms with Gasteiger partial charge >= 0.3 is 5.97 Å². The van der Waals surface area contributed by atoms with Crippen LogP contribution >= 0.6 is 23.1 Å². The molecule has 2 rings (SSSR count). The lowest BCUT2D eigenvalue weighted by Crippen LogP contribution is -1.99. The fraction of sp³-hybridized carbons (Fsp3) is 0.231. The molecular weight excluding hydrogens is 312 g/mol. The third-order valence-corrected chi connectivity index (χ3v) is 5.21. The molecule has 0 fully saturated rings. The fourth-order valence-electron chi connectivity index (χ4n) is 1.75. The van der Waals surface area contributed by atoms with Crippen molar-refractivity contribution in [1.29, 1.82) is 0 Å². The quantitative estimate of drug-likeness (QED) is 0.669. The molecule has 0 saturated heterocycles. The SMILES string of the molecule is Cc1nc(Sc2cccc([N+](=O)[O-])c2C)sc1CC(=O)O. The molecule has 0 saturated carbocycles. The van der Waals surface area contributed by atoms with Crippen molar-refractivity contribution in [1.82, 2.24) is 4.98 Å². The molecule has 0 aliphatic heterocycles. The largest absolute Gasteiger partial charge is 0.481 e. The Hall–Kier alpha value is -1.93. The number of aliphatic carboxylic acids is 1. The number of carboxylic acid groups (broad SMARTS) is 1. The fourth-order valence-corrected chi connectivity index (χ4v) is 4.05. The Morgan fingerprint density at radius 2 is 2.19 bits per heavy atom. The average molecular weight is 324 g/mol. The van der Waals surface area contributed by atoms with Crippen LogP contribution in [0.25, 0.3) is 0 Å². The van der Waals surface area contributed by atoms with Gasteiger partial charge in [-0.25, -0.2) is 4.98 Å². The smallest absolute Gasteiger partial charge is 0.308 e. The topological polar surface area (TPSA) is 93.3 Å². The van der Waals surface area contributed by atoms with Gasteiger partial charge in [0.15, 0.2) is 4.34 Å². The van der Waals surface area contributed by atoms with Crippen LogP contribution < -0.4 is 0 Å². The van der Waals surface area contributed by atoms with E-state index in [2.05, 4.69) is 4.98 Å². The zero-order chi connectivity index (χ0) is 15.6. The van der Waals surface area contributed by atoms with E-state index in [-0.39, 0.29) is 12.1 Å². The minimum atomic E-state index is -0.898. The number of nitro groups is 1. The maximum Gasteiger partial charge on any atom is 0.308 e. The van der Waals surface area contributed by atoms with Crippen molar-refractivity contribution in [3.05, 3.63) is 44.4 Å². The summed E-state index contributed by atoms with van der Waals surface area (Å²) in [6, 6.07) is 4.88. The van der Waals surface area contributed by atoms with E-state index in [0.717, 1.165) is 4.90 Å². The first-order chi connectivity index (χ1) is 9.88. The average Bonchev–Trinajstić information content (AvgIpc) is 2.71. The minimum absolute atomic E-state index is 0.0576. The summed E-state index contributed by atoms with van der Waals surface area (Å²) in [6.07, 6.45) is -0.0576. The van der Waals surface area contributed by atoms with E-state index in [1.54, 1.807) is 26.0 Å². The number of aromatic nitrogens is 1. The van der Waals surface area contributed by atoms with Gasteiger partial charge in [0.2, 0.25) is 0 Å². The van der Waals surface area contributed by atoms with Crippen LogP contribution in [0.5, 0.6) is 0 Å². The molecule has 0 bridgehead atoms. The van der Waals surface area contributed by atoms with Gasteiger partial charge in [0, 0.05) is 21.4 Å². The minimum Gasteiger partial charge on any atom is -0.481 e. The maximum atomic E-state index is 10.9. The molecule has 0 spiro atoms. The highest BCUT2D eigenvalue weighted by molar-refractivity contribution is 8.01. The molecule has 1 aromatic carbocycles. The van der Waals surface area contributed by atoms with E-state index in [1.165, 1.54) is 29.2 Å². The van der Waals surface area contributed by atoms with Crippen molar-refractivity contribution in [2.75, 3.05) is 0 Å². The monoisotopic (exact) mass is 324 g/mol. The van der Waals surface area contributed by atoms with Gasteiger partial charge in [-0.15, -0.1) is 11.3 Å². The van der Waals surface area contributed by atoms with E-state index >= 15 is 0 Å². The second kappa shape index (κ2) is 6.23. The predicted molar refractivity (Wildman–Crippen MR) is 80.1 cm³/mol. The van der Waals surface area contributed by atoms with Gasteiger partial charge in [-0.1, -0.05) is 17.8 Å². The normalized spacial score (nSPS) is 10.6. The number of benzene rings is 1. The molecule has 1 aromatic heterocycles. The molecule has 0 amide bonds. The van der Waals surface area contributed by atoms with E-state index in [9.17, 15) is 14.9 Å². The van der Waals surface area contributed by atoms with Crippen molar-refractivity contribution < 1.29 is 14.8 Å². The van der Waals surface area contributed by atoms with Crippen molar-refractivity contribution >= 4 is 34.8 Å². The summed E-state index contributed by atoms with van der Waals surface area (Å²) in [5.41, 5.74) is 1.34. The lowest BCUT2D eigenvalue weighted by atomic mass is 10.2. The Balaban J connectivity index is 2.29. The summed E-state index contributed by atoms with van der Waals surface area (Å²) in [4.78, 5) is 27.0. The molecule has 8 heteroatoms. The number of carboxylic acids is 1. The lowest BCUT2D eigenvalue weighted by molar-refractivity contribution is -0.385. The molecule has 0 radical (unpaired) electrons. The third-order valence-electron chi connectivity index (χ3n) is 2.83. The Morgan fingerprint density at radius 1 is 1.48 bits per heavy atom. The highest BCUT2D eigenvalue weighted by atomic mass is 32.2. The number of aryl methyl sites for hydroxylation is 1. The van der Waals surface area contributed by atoms with Gasteiger partial charge in [0.05, 0.1) is 17.0 Å². The highest BCUT2D eigenvalue weighted by Gasteiger charge is 2.16. The van der Waals surface area contributed by atoms with Crippen LogP contribution in [0.1, 0.15) is 16.1 Å². The molecule has 0 atom stereocenters. The first kappa shape index (κ1) is 15.5. The van der Waals surface area contributed by atoms with Gasteiger partial charge < -0.3 is 5.11 Å². The number of thiazole rings is 1. The lowest BCUT2D eigenvalue weighted by Gasteiger charge is -2.03. The summed E-state index contributed by atoms with van der Waals surface area (Å²) in [7, 11) is 0. The maximum absolute atomic E-state index is 10.9. The molecular formula is C13H12N2O4S2. The highest BCUT2D eigenvalue weighted by Crippen LogP contribution is 2.37. The number of nitro benzene ring substituents is 1. The summed E-state index contributed by atoms with van der Waals surface area (Å²) >= 11 is 2.62. The molecule has 1 N–H and O–H groups in total. The second-order valence-electron chi connectivity index (χ2n) is 4.32. The van der Waals surface area contributed by atoms with Crippen LogP contribution in [-0.4, -0.2) is 21.0 Å². The summed E-state index contributed by atoms with van der Waals surface area (Å²) in [5, 5.41) is 19.8. The zero-order valence-electron chi connectivity index (χ0n) is 11.3. The first-order valence-corrected chi connectivity index (χ1v) is 7.61. The Labute approximate surface area is 129 Å². The van der Waals surface area contributed by atoms with Crippen molar-refractivity contribution in [2.45, 2.75) is 29.5 Å². The van der Waals surface area contributed by atoms with Gasteiger partial charge in [-0.3, -0.25) is 14.9 Å². The molecule has 21 heavy (non-hydrogen) atoms. The second-order valence-corrected chi connectivity index (χ2v) is 6.69. The standard InChI is InChI=1S/C13H12N2O4S2/c1-7-9(15(18)19)4-3-5-10(7)20-13-14-8(2)11(21-13)6-12(16)17/h3-5H,6H2,1-2H3,(H,16,17).